The van der Waals surface area contributed by atoms with Gasteiger partial charge in [-0.05, 0) is 50.8 Å². The minimum Gasteiger partial charge on any atom is -0.481 e. The van der Waals surface area contributed by atoms with E-state index in [4.69, 9.17) is 5.11 Å². The van der Waals surface area contributed by atoms with E-state index in [1.165, 1.54) is 11.3 Å². The van der Waals surface area contributed by atoms with E-state index in [2.05, 4.69) is 31.9 Å². The third-order valence-corrected chi connectivity index (χ3v) is 5.26. The lowest BCUT2D eigenvalue weighted by Crippen LogP contribution is -1.98. The summed E-state index contributed by atoms with van der Waals surface area (Å²) in [5.74, 6) is -0.740. The van der Waals surface area contributed by atoms with Crippen LogP contribution in [0, 0.1) is 0 Å². The Kier molecular flexibility index (Phi) is 5.64. The number of Topliss-reactive ketones (excluding diaryl/α,β-unsaturated/α-hetero) is 1. The number of aliphatic carboxylic acids is 1. The fourth-order valence-corrected chi connectivity index (χ4v) is 3.17. The van der Waals surface area contributed by atoms with Gasteiger partial charge in [0, 0.05) is 17.3 Å². The molecule has 3 nitrogen and oxygen atoms in total. The van der Waals surface area contributed by atoms with E-state index in [0.29, 0.717) is 24.1 Å². The van der Waals surface area contributed by atoms with Gasteiger partial charge in [0.1, 0.15) is 0 Å². The summed E-state index contributed by atoms with van der Waals surface area (Å²) in [6, 6.07) is 1.79. The molecule has 0 aromatic carbocycles. The molecule has 1 heterocycles. The van der Waals surface area contributed by atoms with E-state index in [-0.39, 0.29) is 12.2 Å². The normalized spacial score (nSPS) is 10.4. The van der Waals surface area contributed by atoms with Crippen LogP contribution in [0.3, 0.4) is 0 Å². The van der Waals surface area contributed by atoms with Crippen molar-refractivity contribution in [3.63, 3.8) is 0 Å². The fraction of sp³-hybridized carbons (Fsp3) is 0.400. The summed E-state index contributed by atoms with van der Waals surface area (Å²) in [6.07, 6.45) is 1.71. The minimum atomic E-state index is -0.811. The Hall–Kier alpha value is -0.200. The van der Waals surface area contributed by atoms with Gasteiger partial charge in [-0.1, -0.05) is 0 Å². The average Bonchev–Trinajstić information content (AvgIpc) is 2.54. The summed E-state index contributed by atoms with van der Waals surface area (Å²) in [6.45, 7) is 0. The van der Waals surface area contributed by atoms with Crippen molar-refractivity contribution in [3.05, 3.63) is 19.2 Å². The van der Waals surface area contributed by atoms with Crippen molar-refractivity contribution in [1.29, 1.82) is 0 Å². The number of rotatable bonds is 6. The van der Waals surface area contributed by atoms with E-state index in [1.54, 1.807) is 6.07 Å². The monoisotopic (exact) mass is 368 g/mol. The van der Waals surface area contributed by atoms with E-state index in [0.717, 1.165) is 8.26 Å². The van der Waals surface area contributed by atoms with Crippen LogP contribution in [0.2, 0.25) is 0 Å². The Balaban J connectivity index is 2.38. The van der Waals surface area contributed by atoms with Gasteiger partial charge in [-0.2, -0.15) is 0 Å². The zero-order valence-electron chi connectivity index (χ0n) is 8.33. The Morgan fingerprint density at radius 1 is 1.25 bits per heavy atom. The first-order valence-electron chi connectivity index (χ1n) is 4.70. The van der Waals surface area contributed by atoms with E-state index in [9.17, 15) is 9.59 Å². The lowest BCUT2D eigenvalue weighted by atomic mass is 10.1. The number of ketones is 1. The van der Waals surface area contributed by atoms with E-state index < -0.39 is 5.97 Å². The molecule has 88 valence electrons. The third-order valence-electron chi connectivity index (χ3n) is 1.96. The molecule has 1 rings (SSSR count). The first-order chi connectivity index (χ1) is 7.50. The van der Waals surface area contributed by atoms with Crippen LogP contribution in [0.25, 0.3) is 0 Å². The van der Waals surface area contributed by atoms with Crippen LogP contribution in [-0.2, 0) is 4.79 Å². The lowest BCUT2D eigenvalue weighted by molar-refractivity contribution is -0.137. The highest BCUT2D eigenvalue weighted by atomic mass is 79.9. The first kappa shape index (κ1) is 13.9. The van der Waals surface area contributed by atoms with Gasteiger partial charge in [-0.3, -0.25) is 9.59 Å². The highest BCUT2D eigenvalue weighted by molar-refractivity contribution is 9.13. The Morgan fingerprint density at radius 2 is 1.88 bits per heavy atom. The molecule has 1 aromatic heterocycles. The SMILES string of the molecule is O=C(O)CCCCC(=O)c1cc(Br)c(Br)s1. The molecule has 0 spiro atoms. The van der Waals surface area contributed by atoms with E-state index >= 15 is 0 Å². The van der Waals surface area contributed by atoms with Gasteiger partial charge >= 0.3 is 5.97 Å². The van der Waals surface area contributed by atoms with E-state index in [1.807, 2.05) is 0 Å². The Morgan fingerprint density at radius 3 is 2.38 bits per heavy atom. The number of carboxylic acids is 1. The van der Waals surface area contributed by atoms with Crippen molar-refractivity contribution < 1.29 is 14.7 Å². The van der Waals surface area contributed by atoms with Gasteiger partial charge in [0.05, 0.1) is 8.66 Å². The second-order valence-corrected chi connectivity index (χ2v) is 6.48. The highest BCUT2D eigenvalue weighted by Crippen LogP contribution is 2.33. The maximum Gasteiger partial charge on any atom is 0.303 e. The van der Waals surface area contributed by atoms with Gasteiger partial charge < -0.3 is 5.11 Å². The van der Waals surface area contributed by atoms with Crippen LogP contribution in [0.5, 0.6) is 0 Å². The average molecular weight is 370 g/mol. The van der Waals surface area contributed by atoms with Gasteiger partial charge in [0.25, 0.3) is 0 Å². The summed E-state index contributed by atoms with van der Waals surface area (Å²) in [5.41, 5.74) is 0. The fourth-order valence-electron chi connectivity index (χ4n) is 1.17. The third kappa shape index (κ3) is 4.35. The number of hydrogen-bond acceptors (Lipinski definition) is 3. The molecule has 16 heavy (non-hydrogen) atoms. The zero-order chi connectivity index (χ0) is 12.1. The van der Waals surface area contributed by atoms with Crippen molar-refractivity contribution >= 4 is 54.9 Å². The molecular formula is C10H10Br2O3S. The van der Waals surface area contributed by atoms with Crippen molar-refractivity contribution in [2.45, 2.75) is 25.7 Å². The van der Waals surface area contributed by atoms with Crippen LogP contribution >= 0.6 is 43.2 Å². The number of carbonyl (C=O) groups excluding carboxylic acids is 1. The number of halogens is 2. The number of thiophene rings is 1. The molecule has 0 bridgehead atoms. The van der Waals surface area contributed by atoms with Gasteiger partial charge in [-0.25, -0.2) is 0 Å². The molecule has 0 amide bonds. The first-order valence-corrected chi connectivity index (χ1v) is 7.11. The molecule has 0 aliphatic carbocycles. The smallest absolute Gasteiger partial charge is 0.303 e. The molecule has 0 saturated heterocycles. The van der Waals surface area contributed by atoms with Crippen LogP contribution in [0.4, 0.5) is 0 Å². The zero-order valence-corrected chi connectivity index (χ0v) is 12.3. The molecule has 0 fully saturated rings. The van der Waals surface area contributed by atoms with Crippen molar-refractivity contribution in [3.8, 4) is 0 Å². The van der Waals surface area contributed by atoms with Gasteiger partial charge in [0.2, 0.25) is 0 Å². The number of carboxylic acid groups (broad SMARTS) is 1. The summed E-state index contributed by atoms with van der Waals surface area (Å²) in [4.78, 5) is 22.6. The molecule has 0 atom stereocenters. The molecule has 0 aliphatic rings. The largest absolute Gasteiger partial charge is 0.481 e. The summed E-state index contributed by atoms with van der Waals surface area (Å²) in [7, 11) is 0. The maximum absolute atomic E-state index is 11.7. The summed E-state index contributed by atoms with van der Waals surface area (Å²) < 4.78 is 1.78. The molecule has 0 aliphatic heterocycles. The van der Waals surface area contributed by atoms with Crippen LogP contribution in [-0.4, -0.2) is 16.9 Å². The molecule has 0 unspecified atom stereocenters. The standard InChI is InChI=1S/C10H10Br2O3S/c11-6-5-8(16-10(6)12)7(13)3-1-2-4-9(14)15/h5H,1-4H2,(H,14,15). The predicted molar refractivity (Wildman–Crippen MR) is 70.2 cm³/mol. The lowest BCUT2D eigenvalue weighted by Gasteiger charge is -1.96. The summed E-state index contributed by atoms with van der Waals surface area (Å²) >= 11 is 8.04. The maximum atomic E-state index is 11.7. The summed E-state index contributed by atoms with van der Waals surface area (Å²) in [5, 5.41) is 8.44. The van der Waals surface area contributed by atoms with Crippen molar-refractivity contribution in [2.24, 2.45) is 0 Å². The van der Waals surface area contributed by atoms with Crippen LogP contribution in [0.15, 0.2) is 14.3 Å². The molecule has 0 radical (unpaired) electrons. The number of unbranched alkanes of at least 4 members (excludes halogenated alkanes) is 1. The second-order valence-electron chi connectivity index (χ2n) is 3.26. The number of carbonyl (C=O) groups is 2. The molecular weight excluding hydrogens is 360 g/mol. The molecule has 0 saturated carbocycles. The van der Waals surface area contributed by atoms with Crippen molar-refractivity contribution in [1.82, 2.24) is 0 Å². The second kappa shape index (κ2) is 6.51. The highest BCUT2D eigenvalue weighted by Gasteiger charge is 2.11. The minimum absolute atomic E-state index is 0.0711. The Labute approximate surface area is 114 Å². The van der Waals surface area contributed by atoms with Crippen LogP contribution in [0.1, 0.15) is 35.4 Å². The molecule has 6 heteroatoms. The predicted octanol–water partition coefficient (Wildman–Crippen LogP) is 4.10. The van der Waals surface area contributed by atoms with Crippen LogP contribution < -0.4 is 0 Å². The topological polar surface area (TPSA) is 54.4 Å². The molecule has 1 aromatic rings. The molecule has 1 N–H and O–H groups in total. The quantitative estimate of drug-likeness (QED) is 0.606. The Bertz CT molecular complexity index is 381. The van der Waals surface area contributed by atoms with Gasteiger partial charge in [0.15, 0.2) is 5.78 Å². The van der Waals surface area contributed by atoms with Gasteiger partial charge in [-0.15, -0.1) is 11.3 Å². The number of hydrogen-bond donors (Lipinski definition) is 1. The van der Waals surface area contributed by atoms with Crippen molar-refractivity contribution in [2.75, 3.05) is 0 Å².